The van der Waals surface area contributed by atoms with Gasteiger partial charge in [-0.3, -0.25) is 0 Å². The molecule has 1 atom stereocenters. The predicted octanol–water partition coefficient (Wildman–Crippen LogP) is 3.58. The number of halogens is 2. The lowest BCUT2D eigenvalue weighted by Gasteiger charge is -2.24. The van der Waals surface area contributed by atoms with E-state index in [4.69, 9.17) is 0 Å². The summed E-state index contributed by atoms with van der Waals surface area (Å²) in [5, 5.41) is 3.45. The third-order valence-electron chi connectivity index (χ3n) is 3.24. The summed E-state index contributed by atoms with van der Waals surface area (Å²) in [5.74, 6) is -0.0539. The molecule has 1 aliphatic heterocycles. The van der Waals surface area contributed by atoms with Gasteiger partial charge in [0.25, 0.3) is 0 Å². The van der Waals surface area contributed by atoms with Crippen LogP contribution >= 0.6 is 15.9 Å². The average Bonchev–Trinajstić information content (AvgIpc) is 2.31. The topological polar surface area (TPSA) is 12.0 Å². The fraction of sp³-hybridized carbons (Fsp3) is 0.538. The summed E-state index contributed by atoms with van der Waals surface area (Å²) in [7, 11) is 0. The van der Waals surface area contributed by atoms with Gasteiger partial charge in [-0.2, -0.15) is 0 Å². The fourth-order valence-corrected chi connectivity index (χ4v) is 2.71. The van der Waals surface area contributed by atoms with E-state index in [-0.39, 0.29) is 5.82 Å². The van der Waals surface area contributed by atoms with Crippen LogP contribution in [0.5, 0.6) is 0 Å². The smallest absolute Gasteiger partial charge is 0.130 e. The largest absolute Gasteiger partial charge is 0.314 e. The van der Waals surface area contributed by atoms with Crippen molar-refractivity contribution in [1.29, 1.82) is 0 Å². The van der Waals surface area contributed by atoms with Gasteiger partial charge >= 0.3 is 0 Å². The first-order valence-corrected chi connectivity index (χ1v) is 6.64. The predicted molar refractivity (Wildman–Crippen MR) is 68.2 cm³/mol. The summed E-state index contributed by atoms with van der Waals surface area (Å²) in [6.45, 7) is 2.88. The molecular formula is C13H17BrFN. The summed E-state index contributed by atoms with van der Waals surface area (Å²) in [4.78, 5) is 0. The second kappa shape index (κ2) is 5.28. The van der Waals surface area contributed by atoms with Gasteiger partial charge in [-0.05, 0) is 44.4 Å². The normalized spacial score (nSPS) is 21.1. The number of nitrogens with one attached hydrogen (secondary N) is 1. The van der Waals surface area contributed by atoms with Gasteiger partial charge in [-0.25, -0.2) is 4.39 Å². The van der Waals surface area contributed by atoms with E-state index in [9.17, 15) is 4.39 Å². The Labute approximate surface area is 105 Å². The molecule has 1 aliphatic rings. The van der Waals surface area contributed by atoms with E-state index < -0.39 is 0 Å². The minimum Gasteiger partial charge on any atom is -0.314 e. The second-order valence-corrected chi connectivity index (χ2v) is 5.36. The summed E-state index contributed by atoms with van der Waals surface area (Å²) < 4.78 is 14.9. The van der Waals surface area contributed by atoms with Crippen LogP contribution in [0.25, 0.3) is 0 Å². The van der Waals surface area contributed by atoms with Gasteiger partial charge in [0.2, 0.25) is 0 Å². The molecule has 0 aliphatic carbocycles. The molecule has 0 saturated carbocycles. The molecule has 1 unspecified atom stereocenters. The minimum absolute atomic E-state index is 0.0539. The Morgan fingerprint density at radius 1 is 1.44 bits per heavy atom. The van der Waals surface area contributed by atoms with Crippen molar-refractivity contribution in [3.05, 3.63) is 33.5 Å². The standard InChI is InChI=1S/C13H17BrFN/c1-9-5-6-12(14)11(13(9)15)8-10-4-2-3-7-16-10/h5-6,10,16H,2-4,7-8H2,1H3. The van der Waals surface area contributed by atoms with Crippen LogP contribution in [0.4, 0.5) is 4.39 Å². The molecule has 1 N–H and O–H groups in total. The van der Waals surface area contributed by atoms with Gasteiger partial charge in [-0.1, -0.05) is 28.4 Å². The van der Waals surface area contributed by atoms with Crippen LogP contribution in [0.15, 0.2) is 16.6 Å². The van der Waals surface area contributed by atoms with Crippen LogP contribution in [0.2, 0.25) is 0 Å². The molecule has 0 bridgehead atoms. The van der Waals surface area contributed by atoms with Crippen molar-refractivity contribution in [2.75, 3.05) is 6.54 Å². The summed E-state index contributed by atoms with van der Waals surface area (Å²) >= 11 is 3.44. The summed E-state index contributed by atoms with van der Waals surface area (Å²) in [6.07, 6.45) is 4.44. The maximum atomic E-state index is 14.0. The van der Waals surface area contributed by atoms with E-state index >= 15 is 0 Å². The molecule has 88 valence electrons. The maximum absolute atomic E-state index is 14.0. The van der Waals surface area contributed by atoms with Gasteiger partial charge in [0.1, 0.15) is 5.82 Å². The molecule has 0 radical (unpaired) electrons. The Bertz CT molecular complexity index is 372. The lowest BCUT2D eigenvalue weighted by molar-refractivity contribution is 0.394. The van der Waals surface area contributed by atoms with Gasteiger partial charge in [0, 0.05) is 16.1 Å². The number of hydrogen-bond acceptors (Lipinski definition) is 1. The number of rotatable bonds is 2. The highest BCUT2D eigenvalue weighted by molar-refractivity contribution is 9.10. The highest BCUT2D eigenvalue weighted by atomic mass is 79.9. The second-order valence-electron chi connectivity index (χ2n) is 4.51. The van der Waals surface area contributed by atoms with Crippen molar-refractivity contribution < 1.29 is 4.39 Å². The molecular weight excluding hydrogens is 269 g/mol. The quantitative estimate of drug-likeness (QED) is 0.876. The van der Waals surface area contributed by atoms with Gasteiger partial charge in [0.05, 0.1) is 0 Å². The Morgan fingerprint density at radius 3 is 2.94 bits per heavy atom. The third kappa shape index (κ3) is 2.64. The van der Waals surface area contributed by atoms with Crippen molar-refractivity contribution in [3.8, 4) is 0 Å². The van der Waals surface area contributed by atoms with Crippen molar-refractivity contribution >= 4 is 15.9 Å². The average molecular weight is 286 g/mol. The number of benzene rings is 1. The summed E-state index contributed by atoms with van der Waals surface area (Å²) in [6, 6.07) is 4.19. The van der Waals surface area contributed by atoms with Gasteiger partial charge in [0.15, 0.2) is 0 Å². The lowest BCUT2D eigenvalue weighted by Crippen LogP contribution is -2.35. The zero-order valence-corrected chi connectivity index (χ0v) is 11.1. The molecule has 1 fully saturated rings. The van der Waals surface area contributed by atoms with Crippen LogP contribution < -0.4 is 5.32 Å². The monoisotopic (exact) mass is 285 g/mol. The number of aryl methyl sites for hydroxylation is 1. The Hall–Kier alpha value is -0.410. The molecule has 1 nitrogen and oxygen atoms in total. The summed E-state index contributed by atoms with van der Waals surface area (Å²) in [5.41, 5.74) is 1.55. The zero-order valence-electron chi connectivity index (χ0n) is 9.52. The van der Waals surface area contributed by atoms with Crippen molar-refractivity contribution in [2.24, 2.45) is 0 Å². The SMILES string of the molecule is Cc1ccc(Br)c(CC2CCCCN2)c1F. The van der Waals surface area contributed by atoms with Crippen LogP contribution in [0.3, 0.4) is 0 Å². The van der Waals surface area contributed by atoms with Crippen molar-refractivity contribution in [2.45, 2.75) is 38.6 Å². The van der Waals surface area contributed by atoms with Crippen LogP contribution in [0, 0.1) is 12.7 Å². The molecule has 1 aromatic carbocycles. The van der Waals surface area contributed by atoms with E-state index in [0.717, 1.165) is 35.0 Å². The molecule has 1 aromatic rings. The van der Waals surface area contributed by atoms with Gasteiger partial charge in [-0.15, -0.1) is 0 Å². The molecule has 3 heteroatoms. The zero-order chi connectivity index (χ0) is 11.5. The minimum atomic E-state index is -0.0539. The molecule has 2 rings (SSSR count). The van der Waals surface area contributed by atoms with Crippen molar-refractivity contribution in [3.63, 3.8) is 0 Å². The van der Waals surface area contributed by atoms with E-state index in [1.54, 1.807) is 0 Å². The Balaban J connectivity index is 2.16. The molecule has 16 heavy (non-hydrogen) atoms. The first-order valence-electron chi connectivity index (χ1n) is 5.85. The van der Waals surface area contributed by atoms with E-state index in [0.29, 0.717) is 6.04 Å². The first kappa shape index (κ1) is 12.1. The van der Waals surface area contributed by atoms with Crippen molar-refractivity contribution in [1.82, 2.24) is 5.32 Å². The van der Waals surface area contributed by atoms with E-state index in [2.05, 4.69) is 21.2 Å². The lowest BCUT2D eigenvalue weighted by atomic mass is 9.96. The molecule has 1 heterocycles. The molecule has 0 spiro atoms. The van der Waals surface area contributed by atoms with Crippen LogP contribution in [-0.2, 0) is 6.42 Å². The third-order valence-corrected chi connectivity index (χ3v) is 3.98. The van der Waals surface area contributed by atoms with Gasteiger partial charge < -0.3 is 5.32 Å². The first-order chi connectivity index (χ1) is 7.68. The molecule has 0 amide bonds. The maximum Gasteiger partial charge on any atom is 0.130 e. The Morgan fingerprint density at radius 2 is 2.25 bits per heavy atom. The molecule has 0 aromatic heterocycles. The van der Waals surface area contributed by atoms with E-state index in [1.165, 1.54) is 12.8 Å². The number of hydrogen-bond donors (Lipinski definition) is 1. The van der Waals surface area contributed by atoms with Crippen LogP contribution in [0.1, 0.15) is 30.4 Å². The molecule has 1 saturated heterocycles. The number of piperidine rings is 1. The fourth-order valence-electron chi connectivity index (χ4n) is 2.25. The highest BCUT2D eigenvalue weighted by Gasteiger charge is 2.17. The highest BCUT2D eigenvalue weighted by Crippen LogP contribution is 2.25. The van der Waals surface area contributed by atoms with Crippen LogP contribution in [-0.4, -0.2) is 12.6 Å². The Kier molecular flexibility index (Phi) is 3.98. The van der Waals surface area contributed by atoms with E-state index in [1.807, 2.05) is 19.1 Å².